The van der Waals surface area contributed by atoms with Gasteiger partial charge >= 0.3 is 24.6 Å². The van der Waals surface area contributed by atoms with Crippen LogP contribution in [0.15, 0.2) is 36.4 Å². The number of alkyl halides is 9. The van der Waals surface area contributed by atoms with Crippen LogP contribution in [0.3, 0.4) is 0 Å². The van der Waals surface area contributed by atoms with Gasteiger partial charge < -0.3 is 20.5 Å². The van der Waals surface area contributed by atoms with E-state index in [0.29, 0.717) is 17.7 Å². The molecule has 1 aliphatic rings. The first-order valence-electron chi connectivity index (χ1n) is 13.2. The van der Waals surface area contributed by atoms with Crippen molar-refractivity contribution in [1.82, 2.24) is 10.6 Å². The Hall–Kier alpha value is -3.00. The summed E-state index contributed by atoms with van der Waals surface area (Å²) in [6, 6.07) is 1.10. The summed E-state index contributed by atoms with van der Waals surface area (Å²) < 4.78 is 127. The van der Waals surface area contributed by atoms with Crippen LogP contribution in [-0.4, -0.2) is 24.4 Å². The second kappa shape index (κ2) is 13.1. The number of ether oxygens (including phenoxy) is 1. The predicted octanol–water partition coefficient (Wildman–Crippen LogP) is 8.50. The van der Waals surface area contributed by atoms with E-state index in [2.05, 4.69) is 5.32 Å². The van der Waals surface area contributed by atoms with Crippen molar-refractivity contribution in [1.29, 1.82) is 0 Å². The van der Waals surface area contributed by atoms with E-state index in [0.717, 1.165) is 44.2 Å². The quantitative estimate of drug-likeness (QED) is 0.248. The Labute approximate surface area is 236 Å². The van der Waals surface area contributed by atoms with Crippen LogP contribution >= 0.6 is 0 Å². The zero-order chi connectivity index (χ0) is 31.5. The third-order valence-electron chi connectivity index (χ3n) is 7.47. The number of rotatable bonds is 9. The number of amides is 1. The van der Waals surface area contributed by atoms with Crippen molar-refractivity contribution in [2.24, 2.45) is 5.92 Å². The average Bonchev–Trinajstić information content (AvgIpc) is 2.90. The molecule has 1 fully saturated rings. The molecule has 0 saturated heterocycles. The first-order chi connectivity index (χ1) is 19.4. The lowest BCUT2D eigenvalue weighted by atomic mass is 9.81. The lowest BCUT2D eigenvalue weighted by Crippen LogP contribution is -2.42. The lowest BCUT2D eigenvalue weighted by Gasteiger charge is -2.32. The lowest BCUT2D eigenvalue weighted by molar-refractivity contribution is -0.143. The molecule has 2 aromatic rings. The van der Waals surface area contributed by atoms with Crippen LogP contribution in [0.4, 0.5) is 44.3 Å². The molecule has 0 spiro atoms. The fourth-order valence-electron chi connectivity index (χ4n) is 5.40. The highest BCUT2D eigenvalue weighted by Crippen LogP contribution is 2.41. The Morgan fingerprint density at radius 1 is 0.881 bits per heavy atom. The zero-order valence-electron chi connectivity index (χ0n) is 22.7. The van der Waals surface area contributed by atoms with E-state index >= 15 is 0 Å². The molecular weight excluding hydrogens is 583 g/mol. The first kappa shape index (κ1) is 33.5. The Kier molecular flexibility index (Phi) is 10.5. The van der Waals surface area contributed by atoms with E-state index in [9.17, 15) is 49.4 Å². The number of carboxylic acid groups (broad SMARTS) is 1. The van der Waals surface area contributed by atoms with Gasteiger partial charge in [-0.2, -0.15) is 39.5 Å². The molecule has 3 atom stereocenters. The van der Waals surface area contributed by atoms with Crippen LogP contribution in [0.25, 0.3) is 0 Å². The molecule has 0 aliphatic heterocycles. The van der Waals surface area contributed by atoms with Gasteiger partial charge in [0.2, 0.25) is 0 Å². The van der Waals surface area contributed by atoms with E-state index in [-0.39, 0.29) is 24.1 Å². The van der Waals surface area contributed by atoms with Gasteiger partial charge in [0.05, 0.1) is 28.8 Å². The van der Waals surface area contributed by atoms with Crippen molar-refractivity contribution in [2.45, 2.75) is 82.3 Å². The number of hydrogen-bond acceptors (Lipinski definition) is 3. The maximum Gasteiger partial charge on any atom is 0.416 e. The van der Waals surface area contributed by atoms with Crippen LogP contribution in [-0.2, 0) is 29.8 Å². The van der Waals surface area contributed by atoms with Gasteiger partial charge in [0, 0.05) is 19.7 Å². The highest BCUT2D eigenvalue weighted by atomic mass is 19.4. The molecule has 234 valence electrons. The summed E-state index contributed by atoms with van der Waals surface area (Å²) in [4.78, 5) is 11.5. The van der Waals surface area contributed by atoms with Gasteiger partial charge in [0.1, 0.15) is 0 Å². The van der Waals surface area contributed by atoms with Gasteiger partial charge in [-0.05, 0) is 72.7 Å². The monoisotopic (exact) mass is 614 g/mol. The summed E-state index contributed by atoms with van der Waals surface area (Å²) in [6.07, 6.45) is -12.8. The number of hydrogen-bond donors (Lipinski definition) is 3. The van der Waals surface area contributed by atoms with Gasteiger partial charge in [-0.25, -0.2) is 4.79 Å². The molecule has 0 radical (unpaired) electrons. The highest BCUT2D eigenvalue weighted by molar-refractivity contribution is 5.65. The minimum atomic E-state index is -5.17. The van der Waals surface area contributed by atoms with Crippen LogP contribution < -0.4 is 10.6 Å². The molecule has 1 amide bonds. The van der Waals surface area contributed by atoms with E-state index in [1.165, 1.54) is 20.1 Å². The normalized spacial score (nSPS) is 17.5. The average molecular weight is 615 g/mol. The summed E-state index contributed by atoms with van der Waals surface area (Å²) in [5, 5.41) is 14.1. The maximum atomic E-state index is 13.6. The second-order valence-electron chi connectivity index (χ2n) is 10.4. The molecule has 1 aliphatic carbocycles. The maximum absolute atomic E-state index is 13.6. The van der Waals surface area contributed by atoms with Crippen LogP contribution in [0, 0.1) is 5.92 Å². The molecule has 1 saturated carbocycles. The Morgan fingerprint density at radius 3 is 1.90 bits per heavy atom. The fourth-order valence-corrected chi connectivity index (χ4v) is 5.40. The molecule has 3 unspecified atom stereocenters. The fraction of sp³-hybridized carbons (Fsp3) is 0.536. The van der Waals surface area contributed by atoms with E-state index in [1.807, 2.05) is 5.32 Å². The molecule has 0 heterocycles. The van der Waals surface area contributed by atoms with Crippen molar-refractivity contribution in [2.75, 3.05) is 7.11 Å². The molecule has 0 aromatic heterocycles. The SMILES string of the molecule is COC(c1ccc(C(F)(F)F)cc1CNC(C)C(NC(=O)O)c1cc(C(F)(F)F)cc(C(F)(F)F)c1)C1CCCCC1. The molecule has 5 nitrogen and oxygen atoms in total. The Balaban J connectivity index is 2.00. The Morgan fingerprint density at radius 2 is 1.43 bits per heavy atom. The minimum Gasteiger partial charge on any atom is -0.465 e. The topological polar surface area (TPSA) is 70.6 Å². The van der Waals surface area contributed by atoms with E-state index < -0.39 is 65.1 Å². The van der Waals surface area contributed by atoms with Gasteiger partial charge in [0.25, 0.3) is 0 Å². The van der Waals surface area contributed by atoms with E-state index in [1.54, 1.807) is 0 Å². The van der Waals surface area contributed by atoms with Crippen molar-refractivity contribution < 1.29 is 54.2 Å². The number of carbonyl (C=O) groups is 1. The number of benzene rings is 2. The minimum absolute atomic E-state index is 0.0315. The van der Waals surface area contributed by atoms with Crippen LogP contribution in [0.1, 0.15) is 84.6 Å². The summed E-state index contributed by atoms with van der Waals surface area (Å²) in [7, 11) is 1.44. The summed E-state index contributed by atoms with van der Waals surface area (Å²) in [5.74, 6) is 0.0315. The van der Waals surface area contributed by atoms with Crippen LogP contribution in [0.5, 0.6) is 0 Å². The number of nitrogens with one attached hydrogen (secondary N) is 2. The highest BCUT2D eigenvalue weighted by Gasteiger charge is 2.39. The van der Waals surface area contributed by atoms with Crippen molar-refractivity contribution in [3.63, 3.8) is 0 Å². The standard InChI is InChI=1S/C28H31F9N2O3/c1-15(23(39-25(40)41)17-10-20(27(32,33)34)13-21(11-17)28(35,36)37)38-14-18-12-19(26(29,30)31)8-9-22(18)24(42-2)16-6-4-3-5-7-16/h8-13,15-16,23-24,38-39H,3-7,14H2,1-2H3,(H,40,41). The molecule has 0 bridgehead atoms. The molecule has 3 rings (SSSR count). The first-order valence-corrected chi connectivity index (χ1v) is 13.2. The van der Waals surface area contributed by atoms with Gasteiger partial charge in [-0.3, -0.25) is 0 Å². The molecular formula is C28H31F9N2O3. The van der Waals surface area contributed by atoms with Gasteiger partial charge in [-0.15, -0.1) is 0 Å². The molecule has 42 heavy (non-hydrogen) atoms. The summed E-state index contributed by atoms with van der Waals surface area (Å²) in [6.45, 7) is 0.992. The zero-order valence-corrected chi connectivity index (χ0v) is 22.7. The van der Waals surface area contributed by atoms with Crippen molar-refractivity contribution in [3.05, 3.63) is 69.8 Å². The smallest absolute Gasteiger partial charge is 0.416 e. The second-order valence-corrected chi connectivity index (χ2v) is 10.4. The summed E-state index contributed by atoms with van der Waals surface area (Å²) in [5.41, 5.74) is -4.23. The van der Waals surface area contributed by atoms with Gasteiger partial charge in [-0.1, -0.05) is 25.3 Å². The molecule has 2 aromatic carbocycles. The third-order valence-corrected chi connectivity index (χ3v) is 7.47. The Bertz CT molecular complexity index is 1190. The van der Waals surface area contributed by atoms with Crippen molar-refractivity contribution >= 4 is 6.09 Å². The molecule has 14 heteroatoms. The van der Waals surface area contributed by atoms with Gasteiger partial charge in [0.15, 0.2) is 0 Å². The van der Waals surface area contributed by atoms with E-state index in [4.69, 9.17) is 4.74 Å². The number of halogens is 9. The van der Waals surface area contributed by atoms with Crippen molar-refractivity contribution in [3.8, 4) is 0 Å². The predicted molar refractivity (Wildman–Crippen MR) is 134 cm³/mol. The van der Waals surface area contributed by atoms with Crippen LogP contribution in [0.2, 0.25) is 0 Å². The summed E-state index contributed by atoms with van der Waals surface area (Å²) >= 11 is 0. The molecule has 3 N–H and O–H groups in total. The number of methoxy groups -OCH3 is 1. The third kappa shape index (κ3) is 8.52. The largest absolute Gasteiger partial charge is 0.465 e.